The number of nitrogens with zero attached hydrogens (tertiary/aromatic N) is 2. The Hall–Kier alpha value is -1.60. The molecule has 2 rings (SSSR count). The third-order valence-electron chi connectivity index (χ3n) is 5.17. The van der Waals surface area contributed by atoms with Crippen molar-refractivity contribution in [1.82, 2.24) is 10.2 Å². The first kappa shape index (κ1) is 21.7. The maximum absolute atomic E-state index is 12.3. The summed E-state index contributed by atoms with van der Waals surface area (Å²) in [6.07, 6.45) is 5.63. The van der Waals surface area contributed by atoms with Crippen LogP contribution in [0.25, 0.3) is 0 Å². The molecule has 0 atom stereocenters. The molecule has 1 saturated heterocycles. The predicted octanol–water partition coefficient (Wildman–Crippen LogP) is 2.39. The van der Waals surface area contributed by atoms with Crippen molar-refractivity contribution >= 4 is 21.6 Å². The van der Waals surface area contributed by atoms with Crippen molar-refractivity contribution in [2.75, 3.05) is 43.3 Å². The van der Waals surface area contributed by atoms with Gasteiger partial charge in [0.1, 0.15) is 6.54 Å². The highest BCUT2D eigenvalue weighted by Crippen LogP contribution is 2.21. The molecule has 1 aromatic rings. The third-order valence-corrected chi connectivity index (χ3v) is 6.30. The lowest BCUT2D eigenvalue weighted by Gasteiger charge is -2.30. The molecule has 27 heavy (non-hydrogen) atoms. The van der Waals surface area contributed by atoms with Gasteiger partial charge in [-0.1, -0.05) is 25.1 Å². The van der Waals surface area contributed by atoms with Crippen molar-refractivity contribution in [1.29, 1.82) is 0 Å². The molecule has 152 valence electrons. The zero-order chi connectivity index (χ0) is 19.9. The fraction of sp³-hybridized carbons (Fsp3) is 0.650. The van der Waals surface area contributed by atoms with Crippen LogP contribution in [0.3, 0.4) is 0 Å². The van der Waals surface area contributed by atoms with E-state index in [4.69, 9.17) is 0 Å². The van der Waals surface area contributed by atoms with Gasteiger partial charge in [0.2, 0.25) is 15.9 Å². The number of rotatable bonds is 9. The summed E-state index contributed by atoms with van der Waals surface area (Å²) in [6.45, 7) is 7.96. The summed E-state index contributed by atoms with van der Waals surface area (Å²) in [5.74, 6) is 0.571. The molecule has 1 N–H and O–H groups in total. The van der Waals surface area contributed by atoms with E-state index in [1.165, 1.54) is 30.2 Å². The van der Waals surface area contributed by atoms with E-state index in [0.717, 1.165) is 37.1 Å². The van der Waals surface area contributed by atoms with Crippen molar-refractivity contribution in [2.45, 2.75) is 39.5 Å². The second-order valence-corrected chi connectivity index (χ2v) is 9.54. The molecule has 7 heteroatoms. The number of piperidine rings is 1. The fourth-order valence-corrected chi connectivity index (χ4v) is 4.30. The lowest BCUT2D eigenvalue weighted by molar-refractivity contribution is -0.119. The summed E-state index contributed by atoms with van der Waals surface area (Å²) in [6, 6.07) is 7.19. The van der Waals surface area contributed by atoms with Crippen LogP contribution in [0.5, 0.6) is 0 Å². The van der Waals surface area contributed by atoms with Gasteiger partial charge in [-0.2, -0.15) is 0 Å². The molecular formula is C20H33N3O3S. The maximum Gasteiger partial charge on any atom is 0.240 e. The van der Waals surface area contributed by atoms with E-state index in [0.29, 0.717) is 12.2 Å². The van der Waals surface area contributed by atoms with Crippen molar-refractivity contribution in [3.05, 3.63) is 29.8 Å². The van der Waals surface area contributed by atoms with Gasteiger partial charge in [0.25, 0.3) is 0 Å². The number of benzene rings is 1. The summed E-state index contributed by atoms with van der Waals surface area (Å²) >= 11 is 0. The smallest absolute Gasteiger partial charge is 0.240 e. The number of hydrogen-bond donors (Lipinski definition) is 1. The Morgan fingerprint density at radius 1 is 1.22 bits per heavy atom. The Kier molecular flexibility index (Phi) is 8.10. The number of unbranched alkanes of at least 4 members (excludes halogenated alkanes) is 1. The van der Waals surface area contributed by atoms with Gasteiger partial charge in [0.05, 0.1) is 11.9 Å². The topological polar surface area (TPSA) is 69.7 Å². The summed E-state index contributed by atoms with van der Waals surface area (Å²) in [4.78, 5) is 14.7. The van der Waals surface area contributed by atoms with Crippen molar-refractivity contribution in [3.8, 4) is 0 Å². The van der Waals surface area contributed by atoms with E-state index in [1.807, 2.05) is 19.1 Å². The predicted molar refractivity (Wildman–Crippen MR) is 110 cm³/mol. The molecule has 0 saturated carbocycles. The summed E-state index contributed by atoms with van der Waals surface area (Å²) in [7, 11) is -3.52. The van der Waals surface area contributed by atoms with E-state index >= 15 is 0 Å². The molecule has 0 bridgehead atoms. The first-order valence-corrected chi connectivity index (χ1v) is 11.6. The number of likely N-dealkylation sites (tertiary alicyclic amines) is 1. The minimum Gasteiger partial charge on any atom is -0.355 e. The number of carbonyl (C=O) groups is 1. The molecular weight excluding hydrogens is 362 g/mol. The number of hydrogen-bond acceptors (Lipinski definition) is 4. The Balaban J connectivity index is 1.75. The first-order valence-electron chi connectivity index (χ1n) is 9.80. The van der Waals surface area contributed by atoms with Crippen LogP contribution in [0.2, 0.25) is 0 Å². The normalized spacial score (nSPS) is 16.3. The minimum absolute atomic E-state index is 0.187. The Morgan fingerprint density at radius 3 is 2.52 bits per heavy atom. The second kappa shape index (κ2) is 10.1. The average Bonchev–Trinajstić information content (AvgIpc) is 2.61. The van der Waals surface area contributed by atoms with Crippen LogP contribution in [0.4, 0.5) is 5.69 Å². The largest absolute Gasteiger partial charge is 0.355 e. The van der Waals surface area contributed by atoms with Gasteiger partial charge in [0.15, 0.2) is 0 Å². The number of sulfonamides is 1. The molecule has 0 unspecified atom stereocenters. The lowest BCUT2D eigenvalue weighted by atomic mass is 9.99. The van der Waals surface area contributed by atoms with Crippen LogP contribution >= 0.6 is 0 Å². The van der Waals surface area contributed by atoms with Gasteiger partial charge in [-0.15, -0.1) is 0 Å². The minimum atomic E-state index is -3.52. The zero-order valence-corrected chi connectivity index (χ0v) is 17.6. The van der Waals surface area contributed by atoms with Crippen LogP contribution in [-0.2, 0) is 14.8 Å². The molecule has 1 aliphatic heterocycles. The van der Waals surface area contributed by atoms with Crippen LogP contribution in [-0.4, -0.2) is 58.2 Å². The van der Waals surface area contributed by atoms with Crippen LogP contribution in [0, 0.1) is 12.8 Å². The van der Waals surface area contributed by atoms with E-state index in [-0.39, 0.29) is 12.5 Å². The third kappa shape index (κ3) is 7.14. The van der Waals surface area contributed by atoms with Crippen molar-refractivity contribution < 1.29 is 13.2 Å². The van der Waals surface area contributed by atoms with Gasteiger partial charge in [0, 0.05) is 6.54 Å². The lowest BCUT2D eigenvalue weighted by Crippen LogP contribution is -2.41. The van der Waals surface area contributed by atoms with Crippen molar-refractivity contribution in [3.63, 3.8) is 0 Å². The van der Waals surface area contributed by atoms with Gasteiger partial charge < -0.3 is 10.2 Å². The van der Waals surface area contributed by atoms with Gasteiger partial charge in [-0.25, -0.2) is 8.42 Å². The highest BCUT2D eigenvalue weighted by molar-refractivity contribution is 7.92. The van der Waals surface area contributed by atoms with Gasteiger partial charge in [-0.05, 0) is 69.8 Å². The van der Waals surface area contributed by atoms with Crippen molar-refractivity contribution in [2.24, 2.45) is 5.92 Å². The monoisotopic (exact) mass is 395 g/mol. The molecule has 0 aliphatic carbocycles. The highest BCUT2D eigenvalue weighted by Gasteiger charge is 2.22. The van der Waals surface area contributed by atoms with E-state index in [9.17, 15) is 13.2 Å². The van der Waals surface area contributed by atoms with Crippen LogP contribution in [0.15, 0.2) is 24.3 Å². The number of anilines is 1. The standard InChI is InChI=1S/C20H33N3O3S/c1-17-10-14-22(15-11-17)13-7-6-12-21-20(24)16-23(27(3,25)26)19-9-5-4-8-18(19)2/h4-5,8-9,17H,6-7,10-16H2,1-3H3,(H,21,24). The molecule has 6 nitrogen and oxygen atoms in total. The Bertz CT molecular complexity index is 713. The molecule has 1 heterocycles. The van der Waals surface area contributed by atoms with E-state index < -0.39 is 10.0 Å². The Morgan fingerprint density at radius 2 is 1.89 bits per heavy atom. The molecule has 0 aromatic heterocycles. The maximum atomic E-state index is 12.3. The molecule has 1 amide bonds. The van der Waals surface area contributed by atoms with Gasteiger partial charge >= 0.3 is 0 Å². The molecule has 1 aliphatic rings. The average molecular weight is 396 g/mol. The number of aryl methyl sites for hydroxylation is 1. The second-order valence-electron chi connectivity index (χ2n) is 7.64. The molecule has 1 fully saturated rings. The zero-order valence-electron chi connectivity index (χ0n) is 16.8. The van der Waals surface area contributed by atoms with E-state index in [1.54, 1.807) is 12.1 Å². The molecule has 0 radical (unpaired) electrons. The number of nitrogens with one attached hydrogen (secondary N) is 1. The highest BCUT2D eigenvalue weighted by atomic mass is 32.2. The van der Waals surface area contributed by atoms with Crippen LogP contribution in [0.1, 0.15) is 38.2 Å². The quantitative estimate of drug-likeness (QED) is 0.652. The summed E-state index contributed by atoms with van der Waals surface area (Å²) in [5.41, 5.74) is 1.38. The summed E-state index contributed by atoms with van der Waals surface area (Å²) < 4.78 is 25.4. The molecule has 0 spiro atoms. The number of para-hydroxylation sites is 1. The first-order chi connectivity index (χ1) is 12.8. The van der Waals surface area contributed by atoms with Gasteiger partial charge in [-0.3, -0.25) is 9.10 Å². The van der Waals surface area contributed by atoms with Crippen LogP contribution < -0.4 is 9.62 Å². The number of carbonyl (C=O) groups excluding carboxylic acids is 1. The van der Waals surface area contributed by atoms with E-state index in [2.05, 4.69) is 17.1 Å². The summed E-state index contributed by atoms with van der Waals surface area (Å²) in [5, 5.41) is 2.86. The molecule has 1 aromatic carbocycles. The number of amides is 1. The SMILES string of the molecule is Cc1ccccc1N(CC(=O)NCCCCN1CCC(C)CC1)S(C)(=O)=O. The Labute approximate surface area is 164 Å². The fourth-order valence-electron chi connectivity index (χ4n) is 3.38.